The zero-order valence-electron chi connectivity index (χ0n) is 8.27. The highest BCUT2D eigenvalue weighted by Gasteiger charge is 2.23. The summed E-state index contributed by atoms with van der Waals surface area (Å²) < 4.78 is 25.1. The highest BCUT2D eigenvalue weighted by molar-refractivity contribution is 9.10. The van der Waals surface area contributed by atoms with Crippen molar-refractivity contribution in [3.8, 4) is 0 Å². The van der Waals surface area contributed by atoms with Gasteiger partial charge in [0.15, 0.2) is 0 Å². The molecule has 15 heavy (non-hydrogen) atoms. The Balaban J connectivity index is 3.33. The van der Waals surface area contributed by atoms with Crippen molar-refractivity contribution in [3.05, 3.63) is 22.7 Å². The SMILES string of the molecule is CON(C)S(=O)(=O)c1cc(Br)ccc1N. The number of rotatable bonds is 3. The summed E-state index contributed by atoms with van der Waals surface area (Å²) in [6.07, 6.45) is 0. The standard InChI is InChI=1S/C8H11BrN2O3S/c1-11(14-2)15(12,13)8-5-6(9)3-4-7(8)10/h3-5H,10H2,1-2H3. The molecule has 1 aromatic rings. The maximum absolute atomic E-state index is 11.8. The molecule has 0 saturated heterocycles. The van der Waals surface area contributed by atoms with Crippen LogP contribution >= 0.6 is 15.9 Å². The fourth-order valence-electron chi connectivity index (χ4n) is 0.968. The molecule has 1 rings (SSSR count). The van der Waals surface area contributed by atoms with E-state index in [0.717, 1.165) is 4.47 Å². The Morgan fingerprint density at radius 3 is 2.60 bits per heavy atom. The minimum atomic E-state index is -3.69. The molecule has 0 spiro atoms. The first-order valence-electron chi connectivity index (χ1n) is 3.97. The van der Waals surface area contributed by atoms with Gasteiger partial charge in [-0.25, -0.2) is 8.42 Å². The van der Waals surface area contributed by atoms with Gasteiger partial charge in [-0.05, 0) is 18.2 Å². The molecule has 7 heteroatoms. The lowest BCUT2D eigenvalue weighted by Gasteiger charge is -2.15. The van der Waals surface area contributed by atoms with E-state index in [0.29, 0.717) is 4.47 Å². The van der Waals surface area contributed by atoms with Crippen LogP contribution in [0.4, 0.5) is 5.69 Å². The van der Waals surface area contributed by atoms with E-state index in [1.54, 1.807) is 6.07 Å². The number of hydrogen-bond donors (Lipinski definition) is 1. The molecule has 0 unspecified atom stereocenters. The van der Waals surface area contributed by atoms with E-state index in [9.17, 15) is 8.42 Å². The second-order valence-electron chi connectivity index (χ2n) is 2.78. The van der Waals surface area contributed by atoms with Crippen molar-refractivity contribution in [3.63, 3.8) is 0 Å². The van der Waals surface area contributed by atoms with Crippen LogP contribution in [0.25, 0.3) is 0 Å². The van der Waals surface area contributed by atoms with Crippen molar-refractivity contribution in [2.45, 2.75) is 4.90 Å². The summed E-state index contributed by atoms with van der Waals surface area (Å²) >= 11 is 3.18. The lowest BCUT2D eigenvalue weighted by molar-refractivity contribution is -0.0258. The van der Waals surface area contributed by atoms with Gasteiger partial charge in [-0.3, -0.25) is 4.84 Å². The Kier molecular flexibility index (Phi) is 3.72. The van der Waals surface area contributed by atoms with Gasteiger partial charge >= 0.3 is 0 Å². The minimum Gasteiger partial charge on any atom is -0.398 e. The monoisotopic (exact) mass is 294 g/mol. The quantitative estimate of drug-likeness (QED) is 0.672. The first kappa shape index (κ1) is 12.4. The molecule has 0 aromatic heterocycles. The molecule has 1 aromatic carbocycles. The number of nitrogen functional groups attached to an aromatic ring is 1. The van der Waals surface area contributed by atoms with Crippen LogP contribution in [0.5, 0.6) is 0 Å². The van der Waals surface area contributed by atoms with E-state index in [-0.39, 0.29) is 10.6 Å². The van der Waals surface area contributed by atoms with E-state index >= 15 is 0 Å². The van der Waals surface area contributed by atoms with Gasteiger partial charge in [0, 0.05) is 11.5 Å². The smallest absolute Gasteiger partial charge is 0.266 e. The lowest BCUT2D eigenvalue weighted by atomic mass is 10.3. The summed E-state index contributed by atoms with van der Waals surface area (Å²) in [7, 11) is -1.12. The number of nitrogens with zero attached hydrogens (tertiary/aromatic N) is 1. The molecule has 0 atom stereocenters. The van der Waals surface area contributed by atoms with Crippen molar-refractivity contribution in [2.24, 2.45) is 0 Å². The Hall–Kier alpha value is -0.630. The number of halogens is 1. The third-order valence-corrected chi connectivity index (χ3v) is 4.08. The predicted molar refractivity (Wildman–Crippen MR) is 60.5 cm³/mol. The predicted octanol–water partition coefficient (Wildman–Crippen LogP) is 1.21. The molecule has 0 aliphatic carbocycles. The number of hydroxylamine groups is 1. The minimum absolute atomic E-state index is 0.0150. The van der Waals surface area contributed by atoms with Gasteiger partial charge in [0.05, 0.1) is 12.8 Å². The second-order valence-corrected chi connectivity index (χ2v) is 5.60. The van der Waals surface area contributed by atoms with E-state index in [1.807, 2.05) is 0 Å². The first-order valence-corrected chi connectivity index (χ1v) is 6.21. The molecule has 2 N–H and O–H groups in total. The first-order chi connectivity index (χ1) is 6.89. The molecule has 0 heterocycles. The molecule has 84 valence electrons. The average Bonchev–Trinajstić information content (AvgIpc) is 2.20. The number of benzene rings is 1. The fourth-order valence-corrected chi connectivity index (χ4v) is 2.60. The zero-order chi connectivity index (χ0) is 11.6. The van der Waals surface area contributed by atoms with Crippen molar-refractivity contribution in [1.29, 1.82) is 0 Å². The van der Waals surface area contributed by atoms with Gasteiger partial charge in [0.25, 0.3) is 10.0 Å². The third-order valence-electron chi connectivity index (χ3n) is 1.85. The Morgan fingerprint density at radius 1 is 1.47 bits per heavy atom. The molecule has 0 amide bonds. The topological polar surface area (TPSA) is 72.6 Å². The molecule has 0 bridgehead atoms. The van der Waals surface area contributed by atoms with Crippen LogP contribution in [0.2, 0.25) is 0 Å². The maximum atomic E-state index is 11.8. The van der Waals surface area contributed by atoms with Crippen LogP contribution in [0.15, 0.2) is 27.6 Å². The summed E-state index contributed by atoms with van der Waals surface area (Å²) in [5, 5.41) is 0. The third kappa shape index (κ3) is 2.49. The normalized spacial score (nSPS) is 12.0. The second kappa shape index (κ2) is 4.48. The molecular formula is C8H11BrN2O3S. The summed E-state index contributed by atoms with van der Waals surface area (Å²) in [6, 6.07) is 4.61. The summed E-state index contributed by atoms with van der Waals surface area (Å²) in [5.41, 5.74) is 5.77. The highest BCUT2D eigenvalue weighted by Crippen LogP contribution is 2.25. The largest absolute Gasteiger partial charge is 0.398 e. The summed E-state index contributed by atoms with van der Waals surface area (Å²) in [5.74, 6) is 0. The number of anilines is 1. The van der Waals surface area contributed by atoms with Crippen LogP contribution in [0.3, 0.4) is 0 Å². The molecule has 0 aliphatic rings. The molecule has 0 fully saturated rings. The van der Waals surface area contributed by atoms with E-state index in [1.165, 1.54) is 26.3 Å². The van der Waals surface area contributed by atoms with E-state index in [4.69, 9.17) is 5.73 Å². The van der Waals surface area contributed by atoms with Gasteiger partial charge in [-0.1, -0.05) is 20.4 Å². The Bertz CT molecular complexity index is 461. The zero-order valence-corrected chi connectivity index (χ0v) is 10.7. The van der Waals surface area contributed by atoms with Gasteiger partial charge in [-0.15, -0.1) is 0 Å². The number of hydrogen-bond acceptors (Lipinski definition) is 4. The molecule has 0 radical (unpaired) electrons. The van der Waals surface area contributed by atoms with Crippen LogP contribution in [-0.2, 0) is 14.9 Å². The maximum Gasteiger partial charge on any atom is 0.266 e. The van der Waals surface area contributed by atoms with Crippen LogP contribution in [0.1, 0.15) is 0 Å². The van der Waals surface area contributed by atoms with Gasteiger partial charge in [-0.2, -0.15) is 0 Å². The van der Waals surface area contributed by atoms with Crippen molar-refractivity contribution in [2.75, 3.05) is 19.9 Å². The fraction of sp³-hybridized carbons (Fsp3) is 0.250. The average molecular weight is 295 g/mol. The molecule has 0 saturated carbocycles. The Morgan fingerprint density at radius 2 is 2.07 bits per heavy atom. The molecular weight excluding hydrogens is 284 g/mol. The van der Waals surface area contributed by atoms with Crippen molar-refractivity contribution >= 4 is 31.6 Å². The Labute approximate surface area is 97.0 Å². The van der Waals surface area contributed by atoms with E-state index < -0.39 is 10.0 Å². The molecule has 0 aliphatic heterocycles. The summed E-state index contributed by atoms with van der Waals surface area (Å²) in [4.78, 5) is 4.65. The summed E-state index contributed by atoms with van der Waals surface area (Å²) in [6.45, 7) is 0. The van der Waals surface area contributed by atoms with Crippen LogP contribution in [0, 0.1) is 0 Å². The van der Waals surface area contributed by atoms with Gasteiger partial charge < -0.3 is 5.73 Å². The van der Waals surface area contributed by atoms with Crippen LogP contribution in [-0.4, -0.2) is 27.0 Å². The highest BCUT2D eigenvalue weighted by atomic mass is 79.9. The number of sulfonamides is 1. The van der Waals surface area contributed by atoms with Crippen LogP contribution < -0.4 is 5.73 Å². The van der Waals surface area contributed by atoms with Gasteiger partial charge in [0.1, 0.15) is 4.90 Å². The van der Waals surface area contributed by atoms with E-state index in [2.05, 4.69) is 20.8 Å². The van der Waals surface area contributed by atoms with Crippen molar-refractivity contribution < 1.29 is 13.3 Å². The lowest BCUT2D eigenvalue weighted by Crippen LogP contribution is -2.26. The van der Waals surface area contributed by atoms with Crippen molar-refractivity contribution in [1.82, 2.24) is 4.47 Å². The number of nitrogens with two attached hydrogens (primary N) is 1. The van der Waals surface area contributed by atoms with Gasteiger partial charge in [0.2, 0.25) is 0 Å². The molecule has 5 nitrogen and oxygen atoms in total.